The molecule has 0 bridgehead atoms. The Kier molecular flexibility index (Phi) is 6.99. The largest absolute Gasteiger partial charge is 0.490 e. The second-order valence-corrected chi connectivity index (χ2v) is 7.72. The van der Waals surface area contributed by atoms with Gasteiger partial charge in [0.15, 0.2) is 11.5 Å². The van der Waals surface area contributed by atoms with Crippen LogP contribution in [0.15, 0.2) is 53.4 Å². The van der Waals surface area contributed by atoms with Crippen LogP contribution in [0.5, 0.6) is 11.5 Å². The zero-order valence-electron chi connectivity index (χ0n) is 16.9. The lowest BCUT2D eigenvalue weighted by molar-refractivity contribution is -0.123. The maximum atomic E-state index is 12.7. The van der Waals surface area contributed by atoms with Crippen LogP contribution in [0.25, 0.3) is 6.08 Å². The topological polar surface area (TPSA) is 55.8 Å². The van der Waals surface area contributed by atoms with E-state index in [9.17, 15) is 9.59 Å². The van der Waals surface area contributed by atoms with Gasteiger partial charge in [-0.25, -0.2) is 0 Å². The second-order valence-electron chi connectivity index (χ2n) is 6.73. The Hall–Kier alpha value is -2.73. The number of carbonyl (C=O) groups excluding carboxylic acids is 2. The number of thioether (sulfide) groups is 1. The van der Waals surface area contributed by atoms with E-state index in [2.05, 4.69) is 6.92 Å². The fraction of sp³-hybridized carbons (Fsp3) is 0.304. The Morgan fingerprint density at radius 1 is 1.07 bits per heavy atom. The number of benzene rings is 2. The molecule has 2 aromatic carbocycles. The maximum Gasteiger partial charge on any atom is 0.293 e. The third kappa shape index (κ3) is 5.21. The molecule has 0 aromatic heterocycles. The van der Waals surface area contributed by atoms with Gasteiger partial charge in [-0.05, 0) is 61.4 Å². The normalized spacial score (nSPS) is 16.4. The van der Waals surface area contributed by atoms with Crippen LogP contribution >= 0.6 is 11.8 Å². The average Bonchev–Trinajstić information content (AvgIpc) is 2.98. The molecule has 0 unspecified atom stereocenters. The Morgan fingerprint density at radius 2 is 1.83 bits per heavy atom. The van der Waals surface area contributed by atoms with E-state index < -0.39 is 0 Å². The monoisotopic (exact) mass is 411 g/mol. The van der Waals surface area contributed by atoms with E-state index in [0.717, 1.165) is 29.3 Å². The molecular weight excluding hydrogens is 386 g/mol. The molecule has 2 aromatic rings. The summed E-state index contributed by atoms with van der Waals surface area (Å²) in [5.41, 5.74) is 1.70. The van der Waals surface area contributed by atoms with E-state index in [4.69, 9.17) is 9.47 Å². The molecule has 0 spiro atoms. The van der Waals surface area contributed by atoms with Crippen LogP contribution in [-0.4, -0.2) is 28.8 Å². The van der Waals surface area contributed by atoms with Gasteiger partial charge in [0.05, 0.1) is 24.2 Å². The highest BCUT2D eigenvalue weighted by molar-refractivity contribution is 8.18. The summed E-state index contributed by atoms with van der Waals surface area (Å²) in [5, 5.41) is -0.258. The molecule has 29 heavy (non-hydrogen) atoms. The van der Waals surface area contributed by atoms with Crippen molar-refractivity contribution in [3.8, 4) is 11.5 Å². The van der Waals surface area contributed by atoms with Crippen molar-refractivity contribution >= 4 is 29.0 Å². The summed E-state index contributed by atoms with van der Waals surface area (Å²) in [6.45, 7) is 6.76. The Bertz CT molecular complexity index is 910. The molecule has 6 heteroatoms. The first-order chi connectivity index (χ1) is 14.0. The Morgan fingerprint density at radius 3 is 2.52 bits per heavy atom. The summed E-state index contributed by atoms with van der Waals surface area (Å²) in [7, 11) is 0. The molecule has 152 valence electrons. The lowest BCUT2D eigenvalue weighted by atomic mass is 10.1. The number of amides is 2. The van der Waals surface area contributed by atoms with Crippen molar-refractivity contribution in [1.29, 1.82) is 0 Å². The third-order valence-corrected chi connectivity index (χ3v) is 5.43. The van der Waals surface area contributed by atoms with Gasteiger partial charge in [0.2, 0.25) is 0 Å². The molecule has 1 atom stereocenters. The van der Waals surface area contributed by atoms with Gasteiger partial charge in [-0.1, -0.05) is 43.3 Å². The molecule has 1 aliphatic rings. The molecule has 1 aliphatic heterocycles. The lowest BCUT2D eigenvalue weighted by Gasteiger charge is -2.16. The van der Waals surface area contributed by atoms with Gasteiger partial charge in [0.1, 0.15) is 0 Å². The zero-order chi connectivity index (χ0) is 20.8. The molecule has 5 nitrogen and oxygen atoms in total. The number of nitrogens with zero attached hydrogens (tertiary/aromatic N) is 1. The first-order valence-corrected chi connectivity index (χ1v) is 10.6. The summed E-state index contributed by atoms with van der Waals surface area (Å²) < 4.78 is 11.6. The highest BCUT2D eigenvalue weighted by Crippen LogP contribution is 2.35. The minimum absolute atomic E-state index is 0.0783. The summed E-state index contributed by atoms with van der Waals surface area (Å²) >= 11 is 0.960. The fourth-order valence-corrected chi connectivity index (χ4v) is 3.67. The van der Waals surface area contributed by atoms with Crippen LogP contribution in [-0.2, 0) is 11.3 Å². The quantitative estimate of drug-likeness (QED) is 0.537. The summed E-state index contributed by atoms with van der Waals surface area (Å²) in [4.78, 5) is 26.8. The van der Waals surface area contributed by atoms with E-state index >= 15 is 0 Å². The molecular formula is C23H25NO4S. The van der Waals surface area contributed by atoms with E-state index in [1.54, 1.807) is 6.08 Å². The van der Waals surface area contributed by atoms with Gasteiger partial charge in [0, 0.05) is 0 Å². The van der Waals surface area contributed by atoms with Crippen molar-refractivity contribution in [3.63, 3.8) is 0 Å². The molecule has 3 rings (SSSR count). The lowest BCUT2D eigenvalue weighted by Crippen LogP contribution is -2.27. The molecule has 1 saturated heterocycles. The van der Waals surface area contributed by atoms with E-state index in [1.807, 2.05) is 62.4 Å². The molecule has 1 heterocycles. The van der Waals surface area contributed by atoms with Gasteiger partial charge >= 0.3 is 0 Å². The van der Waals surface area contributed by atoms with Crippen LogP contribution in [0.3, 0.4) is 0 Å². The minimum Gasteiger partial charge on any atom is -0.490 e. The van der Waals surface area contributed by atoms with Gasteiger partial charge in [-0.2, -0.15) is 0 Å². The number of hydrogen-bond donors (Lipinski definition) is 0. The number of imide groups is 1. The first-order valence-electron chi connectivity index (χ1n) is 9.74. The maximum absolute atomic E-state index is 12.7. The van der Waals surface area contributed by atoms with E-state index in [0.29, 0.717) is 23.0 Å². The van der Waals surface area contributed by atoms with Crippen molar-refractivity contribution in [2.75, 3.05) is 6.61 Å². The van der Waals surface area contributed by atoms with Crippen LogP contribution < -0.4 is 9.47 Å². The van der Waals surface area contributed by atoms with Crippen molar-refractivity contribution in [2.24, 2.45) is 0 Å². The summed E-state index contributed by atoms with van der Waals surface area (Å²) in [6, 6.07) is 15.0. The van der Waals surface area contributed by atoms with Crippen LogP contribution in [0.4, 0.5) is 4.79 Å². The van der Waals surface area contributed by atoms with E-state index in [1.165, 1.54) is 4.90 Å². The molecule has 0 aliphatic carbocycles. The molecule has 0 radical (unpaired) electrons. The highest BCUT2D eigenvalue weighted by atomic mass is 32.2. The Balaban J connectivity index is 1.81. The van der Waals surface area contributed by atoms with Crippen LogP contribution in [0.1, 0.15) is 38.3 Å². The Labute approximate surface area is 175 Å². The zero-order valence-corrected chi connectivity index (χ0v) is 17.7. The first kappa shape index (κ1) is 21.0. The smallest absolute Gasteiger partial charge is 0.293 e. The minimum atomic E-state index is -0.276. The average molecular weight is 412 g/mol. The fourth-order valence-electron chi connectivity index (χ4n) is 2.83. The molecule has 0 saturated carbocycles. The predicted molar refractivity (Wildman–Crippen MR) is 116 cm³/mol. The predicted octanol–water partition coefficient (Wildman–Crippen LogP) is 5.50. The summed E-state index contributed by atoms with van der Waals surface area (Å²) in [5.74, 6) is 1.03. The van der Waals surface area contributed by atoms with E-state index in [-0.39, 0.29) is 23.8 Å². The molecule has 0 N–H and O–H groups in total. The van der Waals surface area contributed by atoms with Gasteiger partial charge in [0.25, 0.3) is 11.1 Å². The standard InChI is InChI=1S/C23H25NO4S/c1-4-16(3)28-19-12-11-18(13-20(19)27-5-2)14-21-22(25)24(23(26)29-21)15-17-9-7-6-8-10-17/h6-14,16H,4-5,15H2,1-3H3/b21-14+/t16-/m1/s1. The number of carbonyl (C=O) groups is 2. The van der Waals surface area contributed by atoms with Crippen molar-refractivity contribution < 1.29 is 19.1 Å². The molecule has 2 amide bonds. The van der Waals surface area contributed by atoms with Crippen molar-refractivity contribution in [2.45, 2.75) is 39.8 Å². The molecule has 1 fully saturated rings. The summed E-state index contributed by atoms with van der Waals surface area (Å²) in [6.07, 6.45) is 2.70. The number of ether oxygens (including phenoxy) is 2. The van der Waals surface area contributed by atoms with Crippen LogP contribution in [0, 0.1) is 0 Å². The third-order valence-electron chi connectivity index (χ3n) is 4.53. The van der Waals surface area contributed by atoms with Crippen molar-refractivity contribution in [3.05, 3.63) is 64.6 Å². The van der Waals surface area contributed by atoms with Gasteiger partial charge in [-0.3, -0.25) is 14.5 Å². The SMILES string of the molecule is CCOc1cc(/C=C2/SC(=O)N(Cc3ccccc3)C2=O)ccc1O[C@H](C)CC. The number of rotatable bonds is 8. The van der Waals surface area contributed by atoms with Crippen molar-refractivity contribution in [1.82, 2.24) is 4.90 Å². The number of hydrogen-bond acceptors (Lipinski definition) is 5. The second kappa shape index (κ2) is 9.65. The van der Waals surface area contributed by atoms with Crippen LogP contribution in [0.2, 0.25) is 0 Å². The highest BCUT2D eigenvalue weighted by Gasteiger charge is 2.35. The van der Waals surface area contributed by atoms with Gasteiger partial charge < -0.3 is 9.47 Å². The van der Waals surface area contributed by atoms with Gasteiger partial charge in [-0.15, -0.1) is 0 Å².